The number of aromatic amines is 1. The highest BCUT2D eigenvalue weighted by molar-refractivity contribution is 5.37. The fraction of sp³-hybridized carbons (Fsp3) is 0.417. The van der Waals surface area contributed by atoms with Crippen LogP contribution in [-0.2, 0) is 6.42 Å². The number of nitrogens with zero attached hydrogens (tertiary/aromatic N) is 1. The van der Waals surface area contributed by atoms with Gasteiger partial charge in [-0.25, -0.2) is 4.98 Å². The maximum Gasteiger partial charge on any atom is 0.416 e. The van der Waals surface area contributed by atoms with Crippen LogP contribution < -0.4 is 0 Å². The first-order chi connectivity index (χ1) is 8.07. The number of nitrogens with one attached hydrogen (secondary N) is 1. The van der Waals surface area contributed by atoms with Crippen LogP contribution in [-0.4, -0.2) is 16.1 Å². The summed E-state index contributed by atoms with van der Waals surface area (Å²) in [4.78, 5) is 6.73. The van der Waals surface area contributed by atoms with Gasteiger partial charge in [0, 0.05) is 11.9 Å². The van der Waals surface area contributed by atoms with Crippen LogP contribution in [0.3, 0.4) is 0 Å². The summed E-state index contributed by atoms with van der Waals surface area (Å²) >= 11 is 0. The molecular formula is C12H13F3N2. The van der Waals surface area contributed by atoms with Crippen LogP contribution in [0, 0.1) is 0 Å². The topological polar surface area (TPSA) is 28.7 Å². The Morgan fingerprint density at radius 3 is 2.59 bits per heavy atom. The van der Waals surface area contributed by atoms with Crippen molar-refractivity contribution in [1.29, 1.82) is 0 Å². The van der Waals surface area contributed by atoms with Gasteiger partial charge in [-0.2, -0.15) is 13.2 Å². The maximum absolute atomic E-state index is 12.7. The van der Waals surface area contributed by atoms with Crippen LogP contribution in [0.5, 0.6) is 0 Å². The third-order valence-corrected chi connectivity index (χ3v) is 2.78. The summed E-state index contributed by atoms with van der Waals surface area (Å²) in [6.07, 6.45) is 4.04. The molecule has 0 fully saturated rings. The van der Waals surface area contributed by atoms with E-state index in [4.69, 9.17) is 0 Å². The molecule has 0 spiro atoms. The number of aryl methyl sites for hydroxylation is 1. The second kappa shape index (κ2) is 4.77. The van der Waals surface area contributed by atoms with E-state index in [-0.39, 0.29) is 0 Å². The van der Waals surface area contributed by atoms with E-state index in [1.54, 1.807) is 12.3 Å². The SMILES string of the molecule is FC(F)(F)C1=CCCC=C1CCc1cnc[nH]1. The lowest BCUT2D eigenvalue weighted by Gasteiger charge is -2.18. The van der Waals surface area contributed by atoms with E-state index < -0.39 is 11.7 Å². The minimum absolute atomic E-state index is 0.396. The molecule has 0 radical (unpaired) electrons. The van der Waals surface area contributed by atoms with E-state index >= 15 is 0 Å². The van der Waals surface area contributed by atoms with E-state index in [2.05, 4.69) is 9.97 Å². The Bertz CT molecular complexity index is 427. The predicted molar refractivity (Wildman–Crippen MR) is 58.4 cm³/mol. The molecular weight excluding hydrogens is 229 g/mol. The fourth-order valence-electron chi connectivity index (χ4n) is 1.95. The van der Waals surface area contributed by atoms with Crippen molar-refractivity contribution >= 4 is 0 Å². The molecule has 1 aliphatic carbocycles. The van der Waals surface area contributed by atoms with Gasteiger partial charge in [0.1, 0.15) is 0 Å². The quantitative estimate of drug-likeness (QED) is 0.862. The molecule has 92 valence electrons. The number of allylic oxidation sites excluding steroid dienone is 4. The summed E-state index contributed by atoms with van der Waals surface area (Å²) in [5.74, 6) is 0. The van der Waals surface area contributed by atoms with Crippen LogP contribution >= 0.6 is 0 Å². The molecule has 1 aliphatic rings. The molecule has 1 aromatic rings. The molecule has 17 heavy (non-hydrogen) atoms. The van der Waals surface area contributed by atoms with Crippen molar-refractivity contribution in [2.75, 3.05) is 0 Å². The van der Waals surface area contributed by atoms with Crippen molar-refractivity contribution in [3.63, 3.8) is 0 Å². The number of hydrogen-bond donors (Lipinski definition) is 1. The highest BCUT2D eigenvalue weighted by Crippen LogP contribution is 2.36. The maximum atomic E-state index is 12.7. The van der Waals surface area contributed by atoms with Crippen LogP contribution in [0.1, 0.15) is 25.0 Å². The number of imidazole rings is 1. The normalized spacial score (nSPS) is 16.6. The monoisotopic (exact) mass is 242 g/mol. The first kappa shape index (κ1) is 12.0. The molecule has 2 rings (SSSR count). The van der Waals surface area contributed by atoms with E-state index in [0.29, 0.717) is 31.3 Å². The average Bonchev–Trinajstić information content (AvgIpc) is 2.78. The molecule has 2 nitrogen and oxygen atoms in total. The Morgan fingerprint density at radius 2 is 1.94 bits per heavy atom. The minimum atomic E-state index is -4.24. The van der Waals surface area contributed by atoms with Crippen molar-refractivity contribution in [3.05, 3.63) is 41.5 Å². The summed E-state index contributed by atoms with van der Waals surface area (Å²) in [7, 11) is 0. The van der Waals surface area contributed by atoms with Crippen LogP contribution in [0.2, 0.25) is 0 Å². The molecule has 1 N–H and O–H groups in total. The first-order valence-corrected chi connectivity index (χ1v) is 5.51. The number of H-pyrrole nitrogens is 1. The summed E-state index contributed by atoms with van der Waals surface area (Å²) in [5.41, 5.74) is 0.791. The highest BCUT2D eigenvalue weighted by atomic mass is 19.4. The molecule has 0 unspecified atom stereocenters. The predicted octanol–water partition coefficient (Wildman–Crippen LogP) is 3.55. The third-order valence-electron chi connectivity index (χ3n) is 2.78. The van der Waals surface area contributed by atoms with Gasteiger partial charge in [-0.3, -0.25) is 0 Å². The smallest absolute Gasteiger partial charge is 0.348 e. The standard InChI is InChI=1S/C12H13F3N2/c13-12(14,15)11-4-2-1-3-9(11)5-6-10-7-16-8-17-10/h3-4,7-8H,1-2,5-6H2,(H,16,17). The van der Waals surface area contributed by atoms with Gasteiger partial charge in [-0.15, -0.1) is 0 Å². The Hall–Kier alpha value is -1.52. The molecule has 1 heterocycles. The van der Waals surface area contributed by atoms with E-state index in [1.165, 1.54) is 12.4 Å². The average molecular weight is 242 g/mol. The molecule has 0 saturated carbocycles. The zero-order chi connectivity index (χ0) is 12.3. The highest BCUT2D eigenvalue weighted by Gasteiger charge is 2.35. The van der Waals surface area contributed by atoms with Crippen LogP contribution in [0.4, 0.5) is 13.2 Å². The summed E-state index contributed by atoms with van der Waals surface area (Å²) in [6.45, 7) is 0. The van der Waals surface area contributed by atoms with Gasteiger partial charge in [0.2, 0.25) is 0 Å². The lowest BCUT2D eigenvalue weighted by atomic mass is 9.93. The van der Waals surface area contributed by atoms with Crippen molar-refractivity contribution in [1.82, 2.24) is 9.97 Å². The summed E-state index contributed by atoms with van der Waals surface area (Å²) in [6, 6.07) is 0. The fourth-order valence-corrected chi connectivity index (χ4v) is 1.95. The van der Waals surface area contributed by atoms with E-state index in [9.17, 15) is 13.2 Å². The van der Waals surface area contributed by atoms with Gasteiger partial charge in [0.25, 0.3) is 0 Å². The van der Waals surface area contributed by atoms with Crippen molar-refractivity contribution in [2.24, 2.45) is 0 Å². The molecule has 0 saturated heterocycles. The van der Waals surface area contributed by atoms with Gasteiger partial charge >= 0.3 is 6.18 Å². The molecule has 0 aliphatic heterocycles. The van der Waals surface area contributed by atoms with Crippen LogP contribution in [0.15, 0.2) is 35.8 Å². The van der Waals surface area contributed by atoms with Gasteiger partial charge in [0.05, 0.1) is 11.9 Å². The Labute approximate surface area is 97.3 Å². The zero-order valence-electron chi connectivity index (χ0n) is 9.22. The van der Waals surface area contributed by atoms with Gasteiger partial charge in [-0.1, -0.05) is 12.2 Å². The van der Waals surface area contributed by atoms with Crippen molar-refractivity contribution < 1.29 is 13.2 Å². The lowest BCUT2D eigenvalue weighted by molar-refractivity contribution is -0.0900. The molecule has 0 bridgehead atoms. The van der Waals surface area contributed by atoms with E-state index in [1.807, 2.05) is 0 Å². The largest absolute Gasteiger partial charge is 0.416 e. The Morgan fingerprint density at radius 1 is 1.18 bits per heavy atom. The molecule has 1 aromatic heterocycles. The minimum Gasteiger partial charge on any atom is -0.348 e. The van der Waals surface area contributed by atoms with E-state index in [0.717, 1.165) is 5.69 Å². The van der Waals surface area contributed by atoms with Gasteiger partial charge in [-0.05, 0) is 31.3 Å². The second-order valence-corrected chi connectivity index (χ2v) is 4.00. The zero-order valence-corrected chi connectivity index (χ0v) is 9.22. The number of alkyl halides is 3. The molecule has 0 atom stereocenters. The van der Waals surface area contributed by atoms with Crippen molar-refractivity contribution in [3.8, 4) is 0 Å². The van der Waals surface area contributed by atoms with Gasteiger partial charge < -0.3 is 4.98 Å². The van der Waals surface area contributed by atoms with Crippen LogP contribution in [0.25, 0.3) is 0 Å². The third kappa shape index (κ3) is 2.99. The second-order valence-electron chi connectivity index (χ2n) is 4.00. The summed E-state index contributed by atoms with van der Waals surface area (Å²) in [5, 5.41) is 0. The molecule has 0 aromatic carbocycles. The molecule has 0 amide bonds. The first-order valence-electron chi connectivity index (χ1n) is 5.51. The Kier molecular flexibility index (Phi) is 3.36. The summed E-state index contributed by atoms with van der Waals surface area (Å²) < 4.78 is 38.2. The number of aromatic nitrogens is 2. The van der Waals surface area contributed by atoms with Gasteiger partial charge in [0.15, 0.2) is 0 Å². The number of halogens is 3. The lowest BCUT2D eigenvalue weighted by Crippen LogP contribution is -2.16. The molecule has 5 heteroatoms. The van der Waals surface area contributed by atoms with Crippen molar-refractivity contribution in [2.45, 2.75) is 31.9 Å². The Balaban J connectivity index is 2.04. The number of rotatable bonds is 3. The number of hydrogen-bond acceptors (Lipinski definition) is 1.